The van der Waals surface area contributed by atoms with Crippen LogP contribution in [0.1, 0.15) is 13.8 Å². The Morgan fingerprint density at radius 3 is 2.33 bits per heavy atom. The van der Waals surface area contributed by atoms with E-state index >= 15 is 0 Å². The standard InChI is InChI=1S/C10H12N2O2S/c1-7(2)10(15)11-8-3-5-9(6-4-8)12(13)14/h3-7H,1-2H3,(H,11,15). The van der Waals surface area contributed by atoms with Crippen LogP contribution in [-0.2, 0) is 0 Å². The second kappa shape index (κ2) is 4.84. The van der Waals surface area contributed by atoms with Crippen LogP contribution in [0.25, 0.3) is 0 Å². The summed E-state index contributed by atoms with van der Waals surface area (Å²) < 4.78 is 0. The summed E-state index contributed by atoms with van der Waals surface area (Å²) in [5, 5.41) is 13.4. The van der Waals surface area contributed by atoms with Gasteiger partial charge in [-0.1, -0.05) is 26.1 Å². The van der Waals surface area contributed by atoms with Crippen molar-refractivity contribution in [3.63, 3.8) is 0 Å². The van der Waals surface area contributed by atoms with Crippen molar-refractivity contribution in [2.24, 2.45) is 5.92 Å². The number of anilines is 1. The largest absolute Gasteiger partial charge is 0.350 e. The molecule has 5 heteroatoms. The molecule has 80 valence electrons. The maximum Gasteiger partial charge on any atom is 0.269 e. The smallest absolute Gasteiger partial charge is 0.269 e. The quantitative estimate of drug-likeness (QED) is 0.487. The van der Waals surface area contributed by atoms with Crippen molar-refractivity contribution in [2.45, 2.75) is 13.8 Å². The average molecular weight is 224 g/mol. The number of nitrogens with one attached hydrogen (secondary N) is 1. The van der Waals surface area contributed by atoms with Crippen LogP contribution in [0.3, 0.4) is 0 Å². The van der Waals surface area contributed by atoms with Gasteiger partial charge in [-0.15, -0.1) is 0 Å². The van der Waals surface area contributed by atoms with Crippen LogP contribution < -0.4 is 5.32 Å². The first-order valence-electron chi connectivity index (χ1n) is 4.56. The number of nitro benzene ring substituents is 1. The summed E-state index contributed by atoms with van der Waals surface area (Å²) >= 11 is 5.10. The van der Waals surface area contributed by atoms with E-state index in [1.54, 1.807) is 12.1 Å². The summed E-state index contributed by atoms with van der Waals surface area (Å²) in [5.41, 5.74) is 0.857. The highest BCUT2D eigenvalue weighted by Crippen LogP contribution is 2.16. The van der Waals surface area contributed by atoms with Crippen molar-refractivity contribution in [1.82, 2.24) is 0 Å². The SMILES string of the molecule is CC(C)C(=S)Nc1ccc([N+](=O)[O-])cc1. The maximum atomic E-state index is 10.4. The molecule has 0 amide bonds. The summed E-state index contributed by atoms with van der Waals surface area (Å²) in [5.74, 6) is 0.259. The van der Waals surface area contributed by atoms with E-state index in [-0.39, 0.29) is 11.6 Å². The normalized spacial score (nSPS) is 10.1. The number of nitrogens with zero attached hydrogens (tertiary/aromatic N) is 1. The number of rotatable bonds is 3. The van der Waals surface area contributed by atoms with Gasteiger partial charge >= 0.3 is 0 Å². The molecule has 1 rings (SSSR count). The van der Waals surface area contributed by atoms with Gasteiger partial charge in [0.1, 0.15) is 0 Å². The van der Waals surface area contributed by atoms with Crippen molar-refractivity contribution in [3.8, 4) is 0 Å². The molecule has 0 aliphatic rings. The molecule has 0 aromatic heterocycles. The van der Waals surface area contributed by atoms with Gasteiger partial charge in [0, 0.05) is 23.7 Å². The lowest BCUT2D eigenvalue weighted by Crippen LogP contribution is -2.15. The van der Waals surface area contributed by atoms with Gasteiger partial charge in [0.25, 0.3) is 5.69 Å². The molecule has 0 aliphatic carbocycles. The van der Waals surface area contributed by atoms with Gasteiger partial charge in [-0.2, -0.15) is 0 Å². The van der Waals surface area contributed by atoms with Gasteiger partial charge in [-0.3, -0.25) is 10.1 Å². The Morgan fingerprint density at radius 1 is 1.40 bits per heavy atom. The van der Waals surface area contributed by atoms with E-state index in [0.717, 1.165) is 10.7 Å². The molecule has 0 aliphatic heterocycles. The summed E-state index contributed by atoms with van der Waals surface area (Å²) in [7, 11) is 0. The van der Waals surface area contributed by atoms with Crippen LogP contribution in [0.15, 0.2) is 24.3 Å². The number of benzene rings is 1. The Kier molecular flexibility index (Phi) is 3.74. The fraction of sp³-hybridized carbons (Fsp3) is 0.300. The number of nitro groups is 1. The van der Waals surface area contributed by atoms with Gasteiger partial charge in [-0.05, 0) is 12.1 Å². The van der Waals surface area contributed by atoms with E-state index in [9.17, 15) is 10.1 Å². The first-order valence-corrected chi connectivity index (χ1v) is 4.97. The average Bonchev–Trinajstić information content (AvgIpc) is 2.18. The fourth-order valence-corrected chi connectivity index (χ4v) is 1.07. The molecule has 0 heterocycles. The predicted octanol–water partition coefficient (Wildman–Crippen LogP) is 2.99. The fourth-order valence-electron chi connectivity index (χ4n) is 0.953. The third-order valence-electron chi connectivity index (χ3n) is 1.87. The molecule has 1 aromatic rings. The first kappa shape index (κ1) is 11.6. The monoisotopic (exact) mass is 224 g/mol. The zero-order valence-corrected chi connectivity index (χ0v) is 9.38. The van der Waals surface area contributed by atoms with Gasteiger partial charge in [0.15, 0.2) is 0 Å². The minimum absolute atomic E-state index is 0.0796. The Labute approximate surface area is 93.5 Å². The molecule has 0 spiro atoms. The number of hydrogen-bond acceptors (Lipinski definition) is 3. The van der Waals surface area contributed by atoms with Crippen LogP contribution in [-0.4, -0.2) is 9.91 Å². The summed E-state index contributed by atoms with van der Waals surface area (Å²) in [6, 6.07) is 6.19. The summed E-state index contributed by atoms with van der Waals surface area (Å²) in [6.07, 6.45) is 0. The lowest BCUT2D eigenvalue weighted by molar-refractivity contribution is -0.384. The van der Waals surface area contributed by atoms with E-state index in [1.165, 1.54) is 12.1 Å². The number of thiocarbonyl (C=S) groups is 1. The number of non-ortho nitro benzene ring substituents is 1. The van der Waals surface area contributed by atoms with E-state index in [1.807, 2.05) is 13.8 Å². The topological polar surface area (TPSA) is 55.2 Å². The maximum absolute atomic E-state index is 10.4. The zero-order valence-electron chi connectivity index (χ0n) is 8.56. The van der Waals surface area contributed by atoms with Crippen LogP contribution in [0.2, 0.25) is 0 Å². The van der Waals surface area contributed by atoms with Gasteiger partial charge in [0.05, 0.1) is 9.91 Å². The lowest BCUT2D eigenvalue weighted by atomic mass is 10.2. The Balaban J connectivity index is 2.73. The third kappa shape index (κ3) is 3.28. The van der Waals surface area contributed by atoms with Crippen molar-refractivity contribution < 1.29 is 4.92 Å². The molecule has 1 aromatic carbocycles. The lowest BCUT2D eigenvalue weighted by Gasteiger charge is -2.10. The van der Waals surface area contributed by atoms with Crippen molar-refractivity contribution in [3.05, 3.63) is 34.4 Å². The molecular formula is C10H12N2O2S. The van der Waals surface area contributed by atoms with Crippen molar-refractivity contribution >= 4 is 28.6 Å². The highest BCUT2D eigenvalue weighted by atomic mass is 32.1. The van der Waals surface area contributed by atoms with Gasteiger partial charge in [-0.25, -0.2) is 0 Å². The molecule has 0 radical (unpaired) electrons. The molecule has 15 heavy (non-hydrogen) atoms. The minimum atomic E-state index is -0.426. The van der Waals surface area contributed by atoms with Crippen molar-refractivity contribution in [1.29, 1.82) is 0 Å². The molecule has 1 N–H and O–H groups in total. The summed E-state index contributed by atoms with van der Waals surface area (Å²) in [4.78, 5) is 10.7. The van der Waals surface area contributed by atoms with Crippen LogP contribution in [0, 0.1) is 16.0 Å². The minimum Gasteiger partial charge on any atom is -0.350 e. The zero-order chi connectivity index (χ0) is 11.4. The molecule has 4 nitrogen and oxygen atoms in total. The summed E-state index contributed by atoms with van der Waals surface area (Å²) in [6.45, 7) is 3.97. The van der Waals surface area contributed by atoms with E-state index in [4.69, 9.17) is 12.2 Å². The highest BCUT2D eigenvalue weighted by Gasteiger charge is 2.06. The Bertz CT molecular complexity index is 374. The second-order valence-corrected chi connectivity index (χ2v) is 3.89. The molecule has 0 saturated carbocycles. The van der Waals surface area contributed by atoms with Crippen molar-refractivity contribution in [2.75, 3.05) is 5.32 Å². The second-order valence-electron chi connectivity index (χ2n) is 3.45. The first-order chi connectivity index (χ1) is 7.00. The Morgan fingerprint density at radius 2 is 1.93 bits per heavy atom. The Hall–Kier alpha value is -1.49. The van der Waals surface area contributed by atoms with E-state index < -0.39 is 4.92 Å². The van der Waals surface area contributed by atoms with Crippen LogP contribution >= 0.6 is 12.2 Å². The molecular weight excluding hydrogens is 212 g/mol. The van der Waals surface area contributed by atoms with Crippen LogP contribution in [0.4, 0.5) is 11.4 Å². The van der Waals surface area contributed by atoms with Crippen LogP contribution in [0.5, 0.6) is 0 Å². The molecule has 0 fully saturated rings. The third-order valence-corrected chi connectivity index (χ3v) is 2.44. The highest BCUT2D eigenvalue weighted by molar-refractivity contribution is 7.80. The number of hydrogen-bond donors (Lipinski definition) is 1. The molecule has 0 bridgehead atoms. The van der Waals surface area contributed by atoms with Gasteiger partial charge < -0.3 is 5.32 Å². The predicted molar refractivity (Wildman–Crippen MR) is 64.2 cm³/mol. The van der Waals surface area contributed by atoms with Gasteiger partial charge in [0.2, 0.25) is 0 Å². The van der Waals surface area contributed by atoms with E-state index in [0.29, 0.717) is 0 Å². The molecule has 0 atom stereocenters. The molecule has 0 unspecified atom stereocenters. The molecule has 0 saturated heterocycles. The van der Waals surface area contributed by atoms with E-state index in [2.05, 4.69) is 5.32 Å².